The minimum atomic E-state index is -3.89. The minimum Gasteiger partial charge on any atom is -0.463 e. The van der Waals surface area contributed by atoms with E-state index in [2.05, 4.69) is 30.2 Å². The third-order valence-corrected chi connectivity index (χ3v) is 8.18. The summed E-state index contributed by atoms with van der Waals surface area (Å²) in [6, 6.07) is 17.1. The van der Waals surface area contributed by atoms with Crippen molar-refractivity contribution < 1.29 is 31.6 Å². The number of nitrogens with one attached hydrogen (secondary N) is 2. The number of amides is 1. The summed E-state index contributed by atoms with van der Waals surface area (Å²) in [6.07, 6.45) is 3.05. The van der Waals surface area contributed by atoms with Crippen LogP contribution in [0.5, 0.6) is 0 Å². The van der Waals surface area contributed by atoms with E-state index in [4.69, 9.17) is 13.6 Å². The minimum absolute atomic E-state index is 0.0318. The van der Waals surface area contributed by atoms with Gasteiger partial charge in [0.1, 0.15) is 16.4 Å². The molecule has 0 unspecified atom stereocenters. The van der Waals surface area contributed by atoms with Gasteiger partial charge in [0.2, 0.25) is 5.13 Å². The van der Waals surface area contributed by atoms with Crippen molar-refractivity contribution in [3.63, 3.8) is 0 Å². The molecule has 0 spiro atoms. The largest absolute Gasteiger partial charge is 0.463 e. The number of esters is 1. The molecular formula is C28H20N6O7S2. The van der Waals surface area contributed by atoms with Crippen LogP contribution < -0.4 is 10.0 Å². The smallest absolute Gasteiger partial charge is 0.338 e. The van der Waals surface area contributed by atoms with Gasteiger partial charge in [-0.15, -0.1) is 10.2 Å². The normalized spacial score (nSPS) is 11.4. The van der Waals surface area contributed by atoms with Crippen molar-refractivity contribution in [3.05, 3.63) is 89.8 Å². The van der Waals surface area contributed by atoms with Crippen LogP contribution in [-0.2, 0) is 19.6 Å². The Kier molecular flexibility index (Phi) is 7.40. The number of nitrogens with zero attached hydrogens (tertiary/aromatic N) is 4. The van der Waals surface area contributed by atoms with Gasteiger partial charge in [0, 0.05) is 5.69 Å². The summed E-state index contributed by atoms with van der Waals surface area (Å²) in [5.74, 6) is -0.381. The summed E-state index contributed by atoms with van der Waals surface area (Å²) in [7, 11) is -3.89. The standard InChI is InChI=1S/C28H20N6O7S2/c1-16-32-33-28(42-16)34-43(37,38)19-9-7-18(8-10-19)29-24(35)15-41-27(36)17-6-11-20-21(14-17)31-26(23-5-3-13-40-23)25(30-20)22-4-2-12-39-22/h2-14H,15H2,1H3,(H,29,35)(H,33,34). The zero-order valence-electron chi connectivity index (χ0n) is 22.2. The van der Waals surface area contributed by atoms with Crippen LogP contribution in [0.1, 0.15) is 15.4 Å². The predicted molar refractivity (Wildman–Crippen MR) is 156 cm³/mol. The van der Waals surface area contributed by atoms with Crippen LogP contribution >= 0.6 is 11.3 Å². The monoisotopic (exact) mass is 616 g/mol. The lowest BCUT2D eigenvalue weighted by Crippen LogP contribution is -2.21. The first-order valence-corrected chi connectivity index (χ1v) is 14.8. The Labute approximate surface area is 247 Å². The SMILES string of the molecule is Cc1nnc(NS(=O)(=O)c2ccc(NC(=O)COC(=O)c3ccc4nc(-c5ccco5)c(-c5ccco5)nc4c3)cc2)s1. The van der Waals surface area contributed by atoms with Gasteiger partial charge < -0.3 is 18.9 Å². The van der Waals surface area contributed by atoms with Crippen LogP contribution in [0, 0.1) is 6.92 Å². The number of rotatable bonds is 9. The Bertz CT molecular complexity index is 2040. The average Bonchev–Trinajstić information content (AvgIpc) is 3.79. The third kappa shape index (κ3) is 6.12. The fraction of sp³-hybridized carbons (Fsp3) is 0.0714. The van der Waals surface area contributed by atoms with Crippen molar-refractivity contribution in [2.45, 2.75) is 11.8 Å². The molecular weight excluding hydrogens is 596 g/mol. The highest BCUT2D eigenvalue weighted by atomic mass is 32.2. The molecule has 15 heteroatoms. The molecule has 1 amide bonds. The Morgan fingerprint density at radius 2 is 1.56 bits per heavy atom. The summed E-state index contributed by atoms with van der Waals surface area (Å²) in [5.41, 5.74) is 2.31. The molecule has 4 heterocycles. The van der Waals surface area contributed by atoms with E-state index >= 15 is 0 Å². The molecule has 0 fully saturated rings. The average molecular weight is 617 g/mol. The zero-order valence-corrected chi connectivity index (χ0v) is 23.8. The fourth-order valence-electron chi connectivity index (χ4n) is 3.99. The molecule has 0 saturated carbocycles. The summed E-state index contributed by atoms with van der Waals surface area (Å²) >= 11 is 1.10. The molecule has 2 N–H and O–H groups in total. The first kappa shape index (κ1) is 27.7. The molecule has 216 valence electrons. The second-order valence-electron chi connectivity index (χ2n) is 8.96. The summed E-state index contributed by atoms with van der Waals surface area (Å²) < 4.78 is 43.7. The van der Waals surface area contributed by atoms with E-state index in [-0.39, 0.29) is 15.6 Å². The van der Waals surface area contributed by atoms with Gasteiger partial charge >= 0.3 is 5.97 Å². The summed E-state index contributed by atoms with van der Waals surface area (Å²) in [5, 5.41) is 10.8. The van der Waals surface area contributed by atoms with Crippen molar-refractivity contribution in [2.75, 3.05) is 16.6 Å². The Morgan fingerprint density at radius 3 is 2.16 bits per heavy atom. The molecule has 0 radical (unpaired) electrons. The third-order valence-electron chi connectivity index (χ3n) is 5.94. The van der Waals surface area contributed by atoms with E-state index in [1.807, 2.05) is 0 Å². The predicted octanol–water partition coefficient (Wildman–Crippen LogP) is 4.91. The lowest BCUT2D eigenvalue weighted by molar-refractivity contribution is -0.119. The van der Waals surface area contributed by atoms with E-state index in [9.17, 15) is 18.0 Å². The number of aromatic nitrogens is 4. The van der Waals surface area contributed by atoms with Crippen molar-refractivity contribution in [1.29, 1.82) is 0 Å². The van der Waals surface area contributed by atoms with E-state index in [1.165, 1.54) is 48.9 Å². The number of benzene rings is 2. The van der Waals surface area contributed by atoms with Gasteiger partial charge in [0.05, 0.1) is 34.0 Å². The highest BCUT2D eigenvalue weighted by molar-refractivity contribution is 7.93. The van der Waals surface area contributed by atoms with Gasteiger partial charge in [-0.3, -0.25) is 9.52 Å². The lowest BCUT2D eigenvalue weighted by atomic mass is 10.1. The molecule has 2 aromatic carbocycles. The molecule has 0 aliphatic carbocycles. The van der Waals surface area contributed by atoms with Gasteiger partial charge in [0.25, 0.3) is 15.9 Å². The van der Waals surface area contributed by atoms with Gasteiger partial charge in [-0.2, -0.15) is 0 Å². The van der Waals surface area contributed by atoms with Gasteiger partial charge in [-0.1, -0.05) is 11.3 Å². The van der Waals surface area contributed by atoms with Crippen LogP contribution in [0.3, 0.4) is 0 Å². The molecule has 0 bridgehead atoms. The van der Waals surface area contributed by atoms with Crippen molar-refractivity contribution in [1.82, 2.24) is 20.2 Å². The lowest BCUT2D eigenvalue weighted by Gasteiger charge is -2.09. The Balaban J connectivity index is 1.11. The number of carbonyl (C=O) groups is 2. The maximum Gasteiger partial charge on any atom is 0.338 e. The van der Waals surface area contributed by atoms with Crippen molar-refractivity contribution >= 4 is 55.1 Å². The van der Waals surface area contributed by atoms with Crippen molar-refractivity contribution in [3.8, 4) is 22.9 Å². The number of carbonyl (C=O) groups excluding carboxylic acids is 2. The van der Waals surface area contributed by atoms with Crippen LogP contribution in [0.2, 0.25) is 0 Å². The summed E-state index contributed by atoms with van der Waals surface area (Å²) in [4.78, 5) is 34.5. The molecule has 0 aliphatic rings. The number of sulfonamides is 1. The number of aryl methyl sites for hydroxylation is 1. The molecule has 0 aliphatic heterocycles. The van der Waals surface area contributed by atoms with Gasteiger partial charge in [-0.25, -0.2) is 23.2 Å². The van der Waals surface area contributed by atoms with Crippen LogP contribution in [-0.4, -0.2) is 47.1 Å². The number of hydrogen-bond donors (Lipinski definition) is 2. The molecule has 13 nitrogen and oxygen atoms in total. The topological polar surface area (TPSA) is 179 Å². The van der Waals surface area contributed by atoms with E-state index in [0.717, 1.165) is 11.3 Å². The molecule has 6 aromatic rings. The quantitative estimate of drug-likeness (QED) is 0.211. The highest BCUT2D eigenvalue weighted by Crippen LogP contribution is 2.31. The Morgan fingerprint density at radius 1 is 0.884 bits per heavy atom. The molecule has 4 aromatic heterocycles. The van der Waals surface area contributed by atoms with Gasteiger partial charge in [0.15, 0.2) is 18.1 Å². The molecule has 43 heavy (non-hydrogen) atoms. The first-order valence-electron chi connectivity index (χ1n) is 12.5. The van der Waals surface area contributed by atoms with Crippen LogP contribution in [0.15, 0.2) is 93.0 Å². The first-order chi connectivity index (χ1) is 20.7. The molecule has 6 rings (SSSR count). The zero-order chi connectivity index (χ0) is 30.0. The Hall–Kier alpha value is -5.41. The van der Waals surface area contributed by atoms with E-state index in [1.54, 1.807) is 37.3 Å². The van der Waals surface area contributed by atoms with Gasteiger partial charge in [-0.05, 0) is 73.7 Å². The number of furan rings is 2. The molecule has 0 atom stereocenters. The van der Waals surface area contributed by atoms with Crippen LogP contribution in [0.25, 0.3) is 33.9 Å². The number of anilines is 2. The van der Waals surface area contributed by atoms with Crippen molar-refractivity contribution in [2.24, 2.45) is 0 Å². The van der Waals surface area contributed by atoms with E-state index < -0.39 is 28.5 Å². The number of ether oxygens (including phenoxy) is 1. The number of hydrogen-bond acceptors (Lipinski definition) is 12. The molecule has 0 saturated heterocycles. The second kappa shape index (κ2) is 11.5. The van der Waals surface area contributed by atoms with E-state index in [0.29, 0.717) is 44.6 Å². The van der Waals surface area contributed by atoms with Crippen LogP contribution in [0.4, 0.5) is 10.8 Å². The highest BCUT2D eigenvalue weighted by Gasteiger charge is 2.20. The second-order valence-corrected chi connectivity index (χ2v) is 11.8. The maximum absolute atomic E-state index is 12.8. The summed E-state index contributed by atoms with van der Waals surface area (Å²) in [6.45, 7) is 1.13. The fourth-order valence-corrected chi connectivity index (χ4v) is 5.81. The maximum atomic E-state index is 12.8. The number of fused-ring (bicyclic) bond motifs is 1.